The van der Waals surface area contributed by atoms with Crippen LogP contribution < -0.4 is 5.84 Å². The summed E-state index contributed by atoms with van der Waals surface area (Å²) in [6.07, 6.45) is 1.60. The van der Waals surface area contributed by atoms with Gasteiger partial charge in [-0.25, -0.2) is 0 Å². The van der Waals surface area contributed by atoms with Gasteiger partial charge in [0.1, 0.15) is 5.69 Å². The molecule has 52 valence electrons. The van der Waals surface area contributed by atoms with Gasteiger partial charge in [0.2, 0.25) is 0 Å². The molecule has 1 aromatic heterocycles. The summed E-state index contributed by atoms with van der Waals surface area (Å²) in [6.45, 7) is 1.78. The first-order chi connectivity index (χ1) is 4.84. The van der Waals surface area contributed by atoms with Gasteiger partial charge in [-0.05, 0) is 19.1 Å². The lowest BCUT2D eigenvalue weighted by Gasteiger charge is -1.92. The van der Waals surface area contributed by atoms with Crippen LogP contribution >= 0.6 is 0 Å². The number of hydrazone groups is 1. The molecule has 1 heterocycles. The van der Waals surface area contributed by atoms with Gasteiger partial charge in [-0.15, -0.1) is 5.10 Å². The van der Waals surface area contributed by atoms with Crippen LogP contribution in [0, 0.1) is 0 Å². The molecule has 0 radical (unpaired) electrons. The van der Waals surface area contributed by atoms with Crippen LogP contribution in [0.1, 0.15) is 12.6 Å². The summed E-state index contributed by atoms with van der Waals surface area (Å²) < 4.78 is 0. The Morgan fingerprint density at radius 3 is 3.00 bits per heavy atom. The van der Waals surface area contributed by atoms with E-state index in [9.17, 15) is 0 Å². The first-order valence-electron chi connectivity index (χ1n) is 2.87. The molecule has 0 aliphatic rings. The molecule has 0 saturated carbocycles. The summed E-state index contributed by atoms with van der Waals surface area (Å²) in [5.41, 5.74) is 1.40. The molecule has 4 heteroatoms. The Hall–Kier alpha value is -1.45. The van der Waals surface area contributed by atoms with Gasteiger partial charge in [-0.2, -0.15) is 10.2 Å². The van der Waals surface area contributed by atoms with Crippen molar-refractivity contribution in [1.29, 1.82) is 0 Å². The summed E-state index contributed by atoms with van der Waals surface area (Å²) in [6, 6.07) is 3.59. The predicted octanol–water partition coefficient (Wildman–Crippen LogP) is 0.159. The molecule has 0 amide bonds. The highest BCUT2D eigenvalue weighted by molar-refractivity contribution is 5.96. The van der Waals surface area contributed by atoms with E-state index in [1.54, 1.807) is 25.3 Å². The molecule has 10 heavy (non-hydrogen) atoms. The number of nitrogens with two attached hydrogens (primary N) is 1. The minimum absolute atomic E-state index is 0.688. The van der Waals surface area contributed by atoms with Gasteiger partial charge in [-0.1, -0.05) is 0 Å². The molecule has 1 rings (SSSR count). The van der Waals surface area contributed by atoms with Crippen LogP contribution in [0.5, 0.6) is 0 Å². The van der Waals surface area contributed by atoms with E-state index in [1.165, 1.54) is 0 Å². The lowest BCUT2D eigenvalue weighted by atomic mass is 10.3. The number of nitrogens with zero attached hydrogens (tertiary/aromatic N) is 3. The van der Waals surface area contributed by atoms with Crippen LogP contribution in [0.3, 0.4) is 0 Å². The molecule has 0 fully saturated rings. The summed E-state index contributed by atoms with van der Waals surface area (Å²) >= 11 is 0. The summed E-state index contributed by atoms with van der Waals surface area (Å²) in [5.74, 6) is 5.02. The maximum absolute atomic E-state index is 5.02. The van der Waals surface area contributed by atoms with E-state index in [0.717, 1.165) is 0 Å². The topological polar surface area (TPSA) is 64.2 Å². The third-order valence-electron chi connectivity index (χ3n) is 1.14. The van der Waals surface area contributed by atoms with Gasteiger partial charge >= 0.3 is 0 Å². The molecular formula is C6H8N4. The van der Waals surface area contributed by atoms with E-state index in [4.69, 9.17) is 5.84 Å². The molecule has 0 unspecified atom stereocenters. The van der Waals surface area contributed by atoms with Gasteiger partial charge < -0.3 is 5.84 Å². The fourth-order valence-corrected chi connectivity index (χ4v) is 0.561. The van der Waals surface area contributed by atoms with Crippen LogP contribution in [0.25, 0.3) is 0 Å². The molecule has 1 aromatic rings. The quantitative estimate of drug-likeness (QED) is 0.340. The minimum Gasteiger partial charge on any atom is -0.323 e. The third-order valence-corrected chi connectivity index (χ3v) is 1.14. The zero-order valence-corrected chi connectivity index (χ0v) is 5.65. The van der Waals surface area contributed by atoms with Gasteiger partial charge in [-0.3, -0.25) is 0 Å². The van der Waals surface area contributed by atoms with Crippen LogP contribution in [-0.4, -0.2) is 15.9 Å². The van der Waals surface area contributed by atoms with E-state index < -0.39 is 0 Å². The van der Waals surface area contributed by atoms with Gasteiger partial charge in [0.25, 0.3) is 0 Å². The van der Waals surface area contributed by atoms with E-state index in [0.29, 0.717) is 11.4 Å². The molecular weight excluding hydrogens is 128 g/mol. The van der Waals surface area contributed by atoms with Gasteiger partial charge in [0, 0.05) is 6.20 Å². The van der Waals surface area contributed by atoms with Crippen molar-refractivity contribution in [3.63, 3.8) is 0 Å². The van der Waals surface area contributed by atoms with Gasteiger partial charge in [0.05, 0.1) is 5.71 Å². The predicted molar refractivity (Wildman–Crippen MR) is 38.4 cm³/mol. The van der Waals surface area contributed by atoms with E-state index in [-0.39, 0.29) is 0 Å². The molecule has 0 aromatic carbocycles. The fraction of sp³-hybridized carbons (Fsp3) is 0.167. The molecule has 0 atom stereocenters. The van der Waals surface area contributed by atoms with Crippen molar-refractivity contribution in [2.75, 3.05) is 0 Å². The Kier molecular flexibility index (Phi) is 1.94. The van der Waals surface area contributed by atoms with E-state index >= 15 is 0 Å². The summed E-state index contributed by atoms with van der Waals surface area (Å²) in [7, 11) is 0. The maximum atomic E-state index is 5.02. The molecule has 0 aliphatic carbocycles. The van der Waals surface area contributed by atoms with Crippen molar-refractivity contribution in [2.45, 2.75) is 6.92 Å². The third kappa shape index (κ3) is 1.28. The zero-order valence-electron chi connectivity index (χ0n) is 5.65. The monoisotopic (exact) mass is 136 g/mol. The lowest BCUT2D eigenvalue weighted by Crippen LogP contribution is -2.01. The average Bonchev–Trinajstić information content (AvgIpc) is 2.05. The molecule has 0 aliphatic heterocycles. The van der Waals surface area contributed by atoms with Gasteiger partial charge in [0.15, 0.2) is 0 Å². The van der Waals surface area contributed by atoms with Crippen molar-refractivity contribution >= 4 is 5.71 Å². The number of rotatable bonds is 1. The van der Waals surface area contributed by atoms with Crippen LogP contribution in [0.15, 0.2) is 23.4 Å². The Morgan fingerprint density at radius 2 is 2.50 bits per heavy atom. The standard InChI is InChI=1S/C6H8N4/c1-5(9-7)6-3-2-4-8-10-6/h2-4H,7H2,1H3/b9-5+. The highest BCUT2D eigenvalue weighted by Crippen LogP contribution is 1.91. The number of aromatic nitrogens is 2. The second-order valence-electron chi connectivity index (χ2n) is 1.82. The van der Waals surface area contributed by atoms with E-state index in [1.807, 2.05) is 0 Å². The first kappa shape index (κ1) is 6.67. The maximum Gasteiger partial charge on any atom is 0.109 e. The Balaban J connectivity index is 2.96. The van der Waals surface area contributed by atoms with Crippen LogP contribution in [0.4, 0.5) is 0 Å². The Bertz CT molecular complexity index is 229. The smallest absolute Gasteiger partial charge is 0.109 e. The number of hydrogen-bond acceptors (Lipinski definition) is 4. The summed E-state index contributed by atoms with van der Waals surface area (Å²) in [5, 5.41) is 10.9. The van der Waals surface area contributed by atoms with Crippen molar-refractivity contribution in [3.8, 4) is 0 Å². The van der Waals surface area contributed by atoms with Crippen LogP contribution in [-0.2, 0) is 0 Å². The van der Waals surface area contributed by atoms with Crippen molar-refractivity contribution in [3.05, 3.63) is 24.0 Å². The lowest BCUT2D eigenvalue weighted by molar-refractivity contribution is 1.01. The first-order valence-corrected chi connectivity index (χ1v) is 2.87. The second-order valence-corrected chi connectivity index (χ2v) is 1.82. The van der Waals surface area contributed by atoms with Crippen molar-refractivity contribution in [2.24, 2.45) is 10.9 Å². The zero-order chi connectivity index (χ0) is 7.40. The Morgan fingerprint density at radius 1 is 1.70 bits per heavy atom. The molecule has 0 bridgehead atoms. The van der Waals surface area contributed by atoms with Crippen LogP contribution in [0.2, 0.25) is 0 Å². The van der Waals surface area contributed by atoms with E-state index in [2.05, 4.69) is 15.3 Å². The highest BCUT2D eigenvalue weighted by atomic mass is 15.1. The summed E-state index contributed by atoms with van der Waals surface area (Å²) in [4.78, 5) is 0. The Labute approximate surface area is 58.8 Å². The average molecular weight is 136 g/mol. The van der Waals surface area contributed by atoms with Crippen molar-refractivity contribution < 1.29 is 0 Å². The normalized spacial score (nSPS) is 11.5. The second kappa shape index (κ2) is 2.91. The molecule has 2 N–H and O–H groups in total. The number of hydrogen-bond donors (Lipinski definition) is 1. The fourth-order valence-electron chi connectivity index (χ4n) is 0.561. The molecule has 0 saturated heterocycles. The largest absolute Gasteiger partial charge is 0.323 e. The minimum atomic E-state index is 0.688. The SMILES string of the molecule is C/C(=N\N)c1cccnn1. The molecule has 4 nitrogen and oxygen atoms in total. The molecule has 0 spiro atoms. The highest BCUT2D eigenvalue weighted by Gasteiger charge is 1.94. The van der Waals surface area contributed by atoms with Crippen molar-refractivity contribution in [1.82, 2.24) is 10.2 Å².